The Morgan fingerprint density at radius 2 is 1.82 bits per heavy atom. The van der Waals surface area contributed by atoms with Gasteiger partial charge in [0, 0.05) is 24.2 Å². The first kappa shape index (κ1) is 17.6. The van der Waals surface area contributed by atoms with E-state index >= 15 is 0 Å². The van der Waals surface area contributed by atoms with Crippen molar-refractivity contribution in [1.29, 1.82) is 0 Å². The van der Waals surface area contributed by atoms with Gasteiger partial charge in [0.05, 0.1) is 18.6 Å². The highest BCUT2D eigenvalue weighted by molar-refractivity contribution is 5.76. The van der Waals surface area contributed by atoms with Crippen LogP contribution in [0.15, 0.2) is 47.5 Å². The highest BCUT2D eigenvalue weighted by atomic mass is 16.1. The lowest BCUT2D eigenvalue weighted by molar-refractivity contribution is 0.146. The Labute approximate surface area is 164 Å². The molecule has 0 N–H and O–H groups in total. The van der Waals surface area contributed by atoms with E-state index in [0.717, 1.165) is 23.5 Å². The molecule has 0 radical (unpaired) electrons. The molecule has 2 saturated carbocycles. The molecule has 1 aromatic carbocycles. The zero-order chi connectivity index (χ0) is 18.9. The molecule has 2 aromatic heterocycles. The molecule has 2 aliphatic carbocycles. The van der Waals surface area contributed by atoms with E-state index in [-0.39, 0.29) is 5.56 Å². The van der Waals surface area contributed by atoms with Crippen molar-refractivity contribution in [1.82, 2.24) is 24.5 Å². The fourth-order valence-corrected chi connectivity index (χ4v) is 4.40. The fraction of sp³-hybridized carbons (Fsp3) is 0.500. The number of benzene rings is 1. The maximum Gasteiger partial charge on any atom is 0.296 e. The van der Waals surface area contributed by atoms with Gasteiger partial charge in [-0.05, 0) is 43.7 Å². The molecule has 2 aliphatic rings. The summed E-state index contributed by atoms with van der Waals surface area (Å²) in [6.45, 7) is 1.67. The van der Waals surface area contributed by atoms with Gasteiger partial charge in [-0.3, -0.25) is 9.69 Å². The van der Waals surface area contributed by atoms with Crippen molar-refractivity contribution in [3.63, 3.8) is 0 Å². The molecule has 2 heterocycles. The summed E-state index contributed by atoms with van der Waals surface area (Å²) in [6.07, 6.45) is 12.9. The van der Waals surface area contributed by atoms with Crippen LogP contribution in [0.5, 0.6) is 0 Å². The Kier molecular flexibility index (Phi) is 4.72. The maximum absolute atomic E-state index is 13.0. The summed E-state index contributed by atoms with van der Waals surface area (Å²) < 4.78 is 3.37. The van der Waals surface area contributed by atoms with E-state index < -0.39 is 0 Å². The molecule has 0 bridgehead atoms. The molecule has 146 valence electrons. The zero-order valence-electron chi connectivity index (χ0n) is 16.2. The molecular weight excluding hydrogens is 350 g/mol. The summed E-state index contributed by atoms with van der Waals surface area (Å²) in [5.74, 6) is 0.770. The second-order valence-corrected chi connectivity index (χ2v) is 8.31. The topological polar surface area (TPSA) is 56.0 Å². The molecule has 0 atom stereocenters. The Balaban J connectivity index is 1.40. The minimum Gasteiger partial charge on any atom is -0.281 e. The normalized spacial score (nSPS) is 18.2. The van der Waals surface area contributed by atoms with Gasteiger partial charge < -0.3 is 0 Å². The highest BCUT2D eigenvalue weighted by Crippen LogP contribution is 2.31. The van der Waals surface area contributed by atoms with Crippen LogP contribution in [0.25, 0.3) is 16.6 Å². The van der Waals surface area contributed by atoms with Gasteiger partial charge >= 0.3 is 0 Å². The van der Waals surface area contributed by atoms with Gasteiger partial charge in [0.1, 0.15) is 0 Å². The number of hydrogen-bond acceptors (Lipinski definition) is 4. The molecule has 2 fully saturated rings. The largest absolute Gasteiger partial charge is 0.296 e. The first-order valence-electron chi connectivity index (χ1n) is 10.5. The van der Waals surface area contributed by atoms with Gasteiger partial charge in [-0.1, -0.05) is 37.5 Å². The Hall–Kier alpha value is -2.47. The van der Waals surface area contributed by atoms with Crippen LogP contribution in [-0.2, 0) is 6.67 Å². The summed E-state index contributed by atoms with van der Waals surface area (Å²) in [6, 6.07) is 10.5. The average Bonchev–Trinajstić information content (AvgIpc) is 3.49. The first-order chi connectivity index (χ1) is 13.8. The second-order valence-electron chi connectivity index (χ2n) is 8.31. The van der Waals surface area contributed by atoms with Crippen molar-refractivity contribution in [2.45, 2.75) is 57.7 Å². The zero-order valence-corrected chi connectivity index (χ0v) is 16.2. The van der Waals surface area contributed by atoms with Crippen molar-refractivity contribution in [3.8, 4) is 5.69 Å². The maximum atomic E-state index is 13.0. The number of rotatable bonds is 6. The smallest absolute Gasteiger partial charge is 0.281 e. The first-order valence-corrected chi connectivity index (χ1v) is 10.5. The number of para-hydroxylation sites is 1. The van der Waals surface area contributed by atoms with Crippen LogP contribution in [0.3, 0.4) is 0 Å². The number of hydrogen-bond donors (Lipinski definition) is 0. The van der Waals surface area contributed by atoms with Crippen LogP contribution >= 0.6 is 0 Å². The molecule has 0 amide bonds. The second kappa shape index (κ2) is 7.51. The van der Waals surface area contributed by atoms with Gasteiger partial charge in [0.15, 0.2) is 5.52 Å². The predicted octanol–water partition coefficient (Wildman–Crippen LogP) is 3.58. The third-order valence-electron chi connectivity index (χ3n) is 6.13. The van der Waals surface area contributed by atoms with Gasteiger partial charge in [-0.25, -0.2) is 9.36 Å². The fourth-order valence-electron chi connectivity index (χ4n) is 4.40. The van der Waals surface area contributed by atoms with Gasteiger partial charge in [-0.15, -0.1) is 0 Å². The molecule has 0 spiro atoms. The van der Waals surface area contributed by atoms with Crippen LogP contribution in [0.4, 0.5) is 0 Å². The predicted molar refractivity (Wildman–Crippen MR) is 109 cm³/mol. The molecule has 28 heavy (non-hydrogen) atoms. The molecule has 6 nitrogen and oxygen atoms in total. The summed E-state index contributed by atoms with van der Waals surface area (Å²) in [4.78, 5) is 15.5. The summed E-state index contributed by atoms with van der Waals surface area (Å²) in [7, 11) is 0. The van der Waals surface area contributed by atoms with Crippen LogP contribution < -0.4 is 5.56 Å². The molecule has 0 unspecified atom stereocenters. The minimum atomic E-state index is -0.0959. The van der Waals surface area contributed by atoms with E-state index in [4.69, 9.17) is 0 Å². The molecule has 0 saturated heterocycles. The van der Waals surface area contributed by atoms with Crippen LogP contribution in [0.2, 0.25) is 0 Å². The van der Waals surface area contributed by atoms with E-state index in [1.54, 1.807) is 15.6 Å². The van der Waals surface area contributed by atoms with Gasteiger partial charge in [0.2, 0.25) is 0 Å². The SMILES string of the molecule is O=c1c2nn(-c3ccccc3)cc2cnn1CN(CC1CCCCC1)C1CC1. The van der Waals surface area contributed by atoms with E-state index in [9.17, 15) is 4.79 Å². The lowest BCUT2D eigenvalue weighted by Crippen LogP contribution is -2.38. The molecule has 6 heteroatoms. The van der Waals surface area contributed by atoms with Crippen LogP contribution in [0, 0.1) is 5.92 Å². The van der Waals surface area contributed by atoms with Crippen molar-refractivity contribution >= 4 is 10.9 Å². The van der Waals surface area contributed by atoms with Crippen LogP contribution in [0.1, 0.15) is 44.9 Å². The lowest BCUT2D eigenvalue weighted by Gasteiger charge is -2.29. The van der Waals surface area contributed by atoms with E-state index in [0.29, 0.717) is 18.2 Å². The molecule has 3 aromatic rings. The lowest BCUT2D eigenvalue weighted by atomic mass is 9.89. The van der Waals surface area contributed by atoms with E-state index in [1.807, 2.05) is 36.5 Å². The average molecular weight is 377 g/mol. The van der Waals surface area contributed by atoms with Crippen LogP contribution in [-0.4, -0.2) is 37.0 Å². The van der Waals surface area contributed by atoms with Crippen molar-refractivity contribution < 1.29 is 0 Å². The van der Waals surface area contributed by atoms with E-state index in [2.05, 4.69) is 15.1 Å². The number of fused-ring (bicyclic) bond motifs is 1. The Morgan fingerprint density at radius 1 is 1.04 bits per heavy atom. The quantitative estimate of drug-likeness (QED) is 0.659. The third kappa shape index (κ3) is 3.61. The highest BCUT2D eigenvalue weighted by Gasteiger charge is 2.31. The summed E-state index contributed by atoms with van der Waals surface area (Å²) in [5, 5.41) is 9.80. The summed E-state index contributed by atoms with van der Waals surface area (Å²) >= 11 is 0. The summed E-state index contributed by atoms with van der Waals surface area (Å²) in [5.41, 5.74) is 1.34. The third-order valence-corrected chi connectivity index (χ3v) is 6.13. The molecule has 5 rings (SSSR count). The van der Waals surface area contributed by atoms with Gasteiger partial charge in [0.25, 0.3) is 5.56 Å². The van der Waals surface area contributed by atoms with Crippen molar-refractivity contribution in [3.05, 3.63) is 53.1 Å². The monoisotopic (exact) mass is 377 g/mol. The minimum absolute atomic E-state index is 0.0959. The van der Waals surface area contributed by atoms with E-state index in [1.165, 1.54) is 44.9 Å². The van der Waals surface area contributed by atoms with Gasteiger partial charge in [-0.2, -0.15) is 10.2 Å². The molecular formula is C22H27N5O. The number of nitrogens with zero attached hydrogens (tertiary/aromatic N) is 5. The van der Waals surface area contributed by atoms with Crippen molar-refractivity contribution in [2.75, 3.05) is 6.54 Å². The Bertz CT molecular complexity index is 999. The molecule has 0 aliphatic heterocycles. The number of aromatic nitrogens is 4. The standard InChI is InChI=1S/C22H27N5O/c28-22-21-18(15-26(24-21)20-9-5-2-6-10-20)13-23-27(22)16-25(19-11-12-19)14-17-7-3-1-4-8-17/h2,5-6,9-10,13,15,17,19H,1,3-4,7-8,11-12,14,16H2. The van der Waals surface area contributed by atoms with Crippen molar-refractivity contribution in [2.24, 2.45) is 5.92 Å². The Morgan fingerprint density at radius 3 is 2.57 bits per heavy atom.